The molecule has 148 valence electrons. The second-order valence-electron chi connectivity index (χ2n) is 6.72. The highest BCUT2D eigenvalue weighted by atomic mass is 28.4. The lowest BCUT2D eigenvalue weighted by molar-refractivity contribution is -0.219. The van der Waals surface area contributed by atoms with Crippen molar-refractivity contribution in [3.8, 4) is 5.75 Å². The largest absolute Gasteiger partial charge is 0.742 e. The standard InChI is InChI=1S/C18H24O8Si/c1-11(2)18(6)22-10-15-9-16(7-8-17(15)23-18)27(24-12(3)19,25-13(4)20)26-14(5)21/h7-9,11H,10H2,1-6H3. The van der Waals surface area contributed by atoms with Crippen LogP contribution in [0.4, 0.5) is 0 Å². The van der Waals surface area contributed by atoms with E-state index in [2.05, 4.69) is 0 Å². The molecule has 0 fully saturated rings. The number of carbonyl (C=O) groups is 3. The Morgan fingerprint density at radius 3 is 2.00 bits per heavy atom. The molecule has 1 aromatic carbocycles. The zero-order chi connectivity index (χ0) is 20.4. The molecule has 0 radical (unpaired) electrons. The van der Waals surface area contributed by atoms with Crippen LogP contribution in [0, 0.1) is 5.92 Å². The molecule has 2 rings (SSSR count). The molecule has 0 bridgehead atoms. The normalized spacial score (nSPS) is 18.9. The van der Waals surface area contributed by atoms with E-state index in [9.17, 15) is 14.4 Å². The molecule has 1 atom stereocenters. The number of ether oxygens (including phenoxy) is 2. The number of fused-ring (bicyclic) bond motifs is 1. The number of rotatable bonds is 5. The summed E-state index contributed by atoms with van der Waals surface area (Å²) in [5.74, 6) is -2.27. The average Bonchev–Trinajstić information content (AvgIpc) is 2.52. The molecule has 0 N–H and O–H groups in total. The monoisotopic (exact) mass is 396 g/mol. The van der Waals surface area contributed by atoms with E-state index in [1.165, 1.54) is 0 Å². The van der Waals surface area contributed by atoms with E-state index in [1.54, 1.807) is 18.2 Å². The van der Waals surface area contributed by atoms with Crippen molar-refractivity contribution in [3.05, 3.63) is 23.8 Å². The summed E-state index contributed by atoms with van der Waals surface area (Å²) in [5, 5.41) is 0.280. The van der Waals surface area contributed by atoms with E-state index in [0.717, 1.165) is 20.8 Å². The van der Waals surface area contributed by atoms with Crippen molar-refractivity contribution in [2.45, 2.75) is 53.9 Å². The molecule has 1 aliphatic heterocycles. The third kappa shape index (κ3) is 4.66. The Bertz CT molecular complexity index is 719. The molecule has 0 aliphatic carbocycles. The fourth-order valence-corrected chi connectivity index (χ4v) is 4.79. The summed E-state index contributed by atoms with van der Waals surface area (Å²) in [7, 11) is -4.14. The Labute approximate surface area is 159 Å². The van der Waals surface area contributed by atoms with Gasteiger partial charge < -0.3 is 22.8 Å². The first-order valence-electron chi connectivity index (χ1n) is 8.52. The highest BCUT2D eigenvalue weighted by Gasteiger charge is 2.55. The molecule has 1 aromatic rings. The first kappa shape index (κ1) is 20.9. The van der Waals surface area contributed by atoms with E-state index in [0.29, 0.717) is 11.3 Å². The highest BCUT2D eigenvalue weighted by Crippen LogP contribution is 2.35. The molecule has 1 unspecified atom stereocenters. The molecule has 9 heteroatoms. The molecule has 0 amide bonds. The third-order valence-corrected chi connectivity index (χ3v) is 6.81. The number of benzene rings is 1. The molecule has 0 saturated heterocycles. The lowest BCUT2D eigenvalue weighted by Crippen LogP contribution is -2.59. The van der Waals surface area contributed by atoms with Gasteiger partial charge in [0.2, 0.25) is 5.79 Å². The van der Waals surface area contributed by atoms with Crippen LogP contribution in [0.3, 0.4) is 0 Å². The summed E-state index contributed by atoms with van der Waals surface area (Å²) in [6, 6.07) is 4.83. The van der Waals surface area contributed by atoms with Crippen LogP contribution < -0.4 is 9.92 Å². The minimum Gasteiger partial charge on any atom is -0.462 e. The van der Waals surface area contributed by atoms with Gasteiger partial charge in [-0.05, 0) is 18.2 Å². The molecular weight excluding hydrogens is 372 g/mol. The minimum absolute atomic E-state index is 0.113. The van der Waals surface area contributed by atoms with Gasteiger partial charge in [0.15, 0.2) is 0 Å². The van der Waals surface area contributed by atoms with Gasteiger partial charge in [0.05, 0.1) is 11.8 Å². The predicted molar refractivity (Wildman–Crippen MR) is 95.8 cm³/mol. The Hall–Kier alpha value is -2.39. The SMILES string of the molecule is CC(=O)O[Si](OC(C)=O)(OC(C)=O)c1ccc2c(c1)COC(C)(C(C)C)O2. The minimum atomic E-state index is -4.14. The zero-order valence-corrected chi connectivity index (χ0v) is 17.3. The van der Waals surface area contributed by atoms with E-state index < -0.39 is 32.5 Å². The third-order valence-electron chi connectivity index (χ3n) is 4.12. The molecule has 0 spiro atoms. The summed E-state index contributed by atoms with van der Waals surface area (Å²) < 4.78 is 27.5. The number of carbonyl (C=O) groups excluding carboxylic acids is 3. The quantitative estimate of drug-likeness (QED) is 0.695. The van der Waals surface area contributed by atoms with E-state index in [-0.39, 0.29) is 17.7 Å². The van der Waals surface area contributed by atoms with Gasteiger partial charge >= 0.3 is 8.80 Å². The summed E-state index contributed by atoms with van der Waals surface area (Å²) in [6.45, 7) is 9.50. The van der Waals surface area contributed by atoms with Gasteiger partial charge in [0.1, 0.15) is 5.75 Å². The molecule has 0 aromatic heterocycles. The van der Waals surface area contributed by atoms with Crippen molar-refractivity contribution in [2.24, 2.45) is 5.92 Å². The lowest BCUT2D eigenvalue weighted by atomic mass is 10.0. The van der Waals surface area contributed by atoms with Gasteiger partial charge in [-0.1, -0.05) is 13.8 Å². The molecular formula is C18H24O8Si. The Morgan fingerprint density at radius 1 is 1.04 bits per heavy atom. The van der Waals surface area contributed by atoms with Crippen LogP contribution in [-0.4, -0.2) is 32.5 Å². The van der Waals surface area contributed by atoms with Crippen molar-refractivity contribution < 1.29 is 37.1 Å². The topological polar surface area (TPSA) is 97.4 Å². The van der Waals surface area contributed by atoms with Gasteiger partial charge in [-0.15, -0.1) is 0 Å². The van der Waals surface area contributed by atoms with Crippen molar-refractivity contribution in [3.63, 3.8) is 0 Å². The predicted octanol–water partition coefficient (Wildman–Crippen LogP) is 1.80. The van der Waals surface area contributed by atoms with Crippen molar-refractivity contribution in [1.29, 1.82) is 0 Å². The van der Waals surface area contributed by atoms with E-state index in [4.69, 9.17) is 22.8 Å². The van der Waals surface area contributed by atoms with Gasteiger partial charge in [-0.3, -0.25) is 14.4 Å². The summed E-state index contributed by atoms with van der Waals surface area (Å²) in [6.07, 6.45) is 0. The molecule has 8 nitrogen and oxygen atoms in total. The molecule has 1 aliphatic rings. The second-order valence-corrected chi connectivity index (χ2v) is 9.02. The average molecular weight is 396 g/mol. The van der Waals surface area contributed by atoms with Gasteiger partial charge in [0.25, 0.3) is 17.9 Å². The van der Waals surface area contributed by atoms with E-state index in [1.807, 2.05) is 20.8 Å². The summed E-state index contributed by atoms with van der Waals surface area (Å²) in [4.78, 5) is 34.9. The Morgan fingerprint density at radius 2 is 1.56 bits per heavy atom. The smallest absolute Gasteiger partial charge is 0.462 e. The van der Waals surface area contributed by atoms with Crippen molar-refractivity contribution in [2.75, 3.05) is 0 Å². The first-order chi connectivity index (χ1) is 12.5. The zero-order valence-electron chi connectivity index (χ0n) is 16.3. The van der Waals surface area contributed by atoms with Crippen LogP contribution in [0.25, 0.3) is 0 Å². The molecule has 0 saturated carbocycles. The number of hydrogen-bond acceptors (Lipinski definition) is 8. The fraction of sp³-hybridized carbons (Fsp3) is 0.500. The molecule has 1 heterocycles. The van der Waals surface area contributed by atoms with Crippen molar-refractivity contribution in [1.82, 2.24) is 0 Å². The maximum absolute atomic E-state index is 11.6. The van der Waals surface area contributed by atoms with Crippen LogP contribution in [-0.2, 0) is 39.0 Å². The Balaban J connectivity index is 2.49. The van der Waals surface area contributed by atoms with Gasteiger partial charge in [-0.2, -0.15) is 0 Å². The first-order valence-corrected chi connectivity index (χ1v) is 10.2. The molecule has 27 heavy (non-hydrogen) atoms. The van der Waals surface area contributed by atoms with E-state index >= 15 is 0 Å². The van der Waals surface area contributed by atoms with Gasteiger partial charge in [-0.25, -0.2) is 0 Å². The van der Waals surface area contributed by atoms with Crippen LogP contribution >= 0.6 is 0 Å². The lowest BCUT2D eigenvalue weighted by Gasteiger charge is -2.39. The fourth-order valence-electron chi connectivity index (χ4n) is 2.54. The van der Waals surface area contributed by atoms with Crippen LogP contribution in [0.15, 0.2) is 18.2 Å². The van der Waals surface area contributed by atoms with Gasteiger partial charge in [0, 0.05) is 39.2 Å². The summed E-state index contributed by atoms with van der Waals surface area (Å²) in [5.41, 5.74) is 0.661. The second kappa shape index (κ2) is 7.69. The van der Waals surface area contributed by atoms with Crippen molar-refractivity contribution >= 4 is 31.9 Å². The van der Waals surface area contributed by atoms with Crippen LogP contribution in [0.1, 0.15) is 47.1 Å². The van der Waals surface area contributed by atoms with Crippen LogP contribution in [0.2, 0.25) is 0 Å². The van der Waals surface area contributed by atoms with Crippen LogP contribution in [0.5, 0.6) is 5.75 Å². The maximum atomic E-state index is 11.6. The summed E-state index contributed by atoms with van der Waals surface area (Å²) >= 11 is 0. The Kier molecular flexibility index (Phi) is 5.96. The maximum Gasteiger partial charge on any atom is 0.742 e. The number of hydrogen-bond donors (Lipinski definition) is 0. The highest BCUT2D eigenvalue weighted by molar-refractivity contribution is 6.79.